The lowest BCUT2D eigenvalue weighted by Gasteiger charge is -2.36. The molecule has 0 spiro atoms. The highest BCUT2D eigenvalue weighted by molar-refractivity contribution is 7.08. The van der Waals surface area contributed by atoms with E-state index in [1.165, 1.54) is 0 Å². The number of rotatable bonds is 4. The van der Waals surface area contributed by atoms with Crippen molar-refractivity contribution in [1.82, 2.24) is 14.4 Å². The Morgan fingerprint density at radius 2 is 1.74 bits per heavy atom. The zero-order chi connectivity index (χ0) is 19.4. The first-order valence-corrected chi connectivity index (χ1v) is 10.2. The zero-order valence-electron chi connectivity index (χ0n) is 16.1. The van der Waals surface area contributed by atoms with Gasteiger partial charge in [-0.15, -0.1) is 0 Å². The highest BCUT2D eigenvalue weighted by Crippen LogP contribution is 2.25. The second kappa shape index (κ2) is 8.17. The van der Waals surface area contributed by atoms with Crippen LogP contribution in [0.3, 0.4) is 0 Å². The maximum atomic E-state index is 12.9. The molecule has 3 heterocycles. The Morgan fingerprint density at radius 3 is 2.30 bits per heavy atom. The van der Waals surface area contributed by atoms with E-state index in [1.807, 2.05) is 55.6 Å². The minimum atomic E-state index is -0.505. The largest absolute Gasteiger partial charge is 0.444 e. The first-order chi connectivity index (χ1) is 12.8. The predicted molar refractivity (Wildman–Crippen MR) is 106 cm³/mol. The molecule has 6 nitrogen and oxygen atoms in total. The molecule has 1 atom stereocenters. The van der Waals surface area contributed by atoms with Crippen molar-refractivity contribution in [1.29, 1.82) is 0 Å². The fourth-order valence-corrected chi connectivity index (χ4v) is 3.88. The first-order valence-electron chi connectivity index (χ1n) is 9.24. The number of hydrogen-bond donors (Lipinski definition) is 0. The van der Waals surface area contributed by atoms with E-state index in [2.05, 4.69) is 16.0 Å². The Kier molecular flexibility index (Phi) is 5.89. The third-order valence-corrected chi connectivity index (χ3v) is 5.27. The van der Waals surface area contributed by atoms with Crippen LogP contribution in [0.2, 0.25) is 0 Å². The molecule has 0 radical (unpaired) electrons. The van der Waals surface area contributed by atoms with Crippen LogP contribution < -0.4 is 0 Å². The van der Waals surface area contributed by atoms with Crippen LogP contribution in [-0.2, 0) is 9.53 Å². The molecule has 1 saturated heterocycles. The molecule has 0 saturated carbocycles. The second-order valence-electron chi connectivity index (χ2n) is 7.76. The molecule has 1 aliphatic rings. The summed E-state index contributed by atoms with van der Waals surface area (Å²) in [5, 5.41) is 4.13. The molecule has 3 rings (SSSR count). The molecule has 146 valence electrons. The number of carbonyl (C=O) groups excluding carboxylic acids is 2. The van der Waals surface area contributed by atoms with Gasteiger partial charge >= 0.3 is 6.09 Å². The van der Waals surface area contributed by atoms with E-state index in [1.54, 1.807) is 16.2 Å². The maximum absolute atomic E-state index is 12.9. The standard InChI is InChI=1S/C20H27N3O3S/c1-20(2,3)26-19(25)23-11-9-22(10-12-23)18(24)14-17(16-6-13-27-15-16)21-7-4-5-8-21/h4-8,13,15,17H,9-12,14H2,1-3H3/t17-/m1/s1. The van der Waals surface area contributed by atoms with E-state index in [0.29, 0.717) is 32.6 Å². The minimum Gasteiger partial charge on any atom is -0.444 e. The van der Waals surface area contributed by atoms with Gasteiger partial charge in [-0.2, -0.15) is 11.3 Å². The van der Waals surface area contributed by atoms with Crippen molar-refractivity contribution >= 4 is 23.3 Å². The zero-order valence-corrected chi connectivity index (χ0v) is 16.9. The molecule has 1 aliphatic heterocycles. The van der Waals surface area contributed by atoms with Gasteiger partial charge in [-0.25, -0.2) is 4.79 Å². The van der Waals surface area contributed by atoms with Crippen molar-refractivity contribution in [3.05, 3.63) is 46.9 Å². The topological polar surface area (TPSA) is 54.8 Å². The normalized spacial score (nSPS) is 16.3. The van der Waals surface area contributed by atoms with Gasteiger partial charge in [0.1, 0.15) is 5.60 Å². The third kappa shape index (κ3) is 5.13. The van der Waals surface area contributed by atoms with Crippen LogP contribution in [0.4, 0.5) is 4.79 Å². The molecule has 0 unspecified atom stereocenters. The average Bonchev–Trinajstić information content (AvgIpc) is 3.32. The molecule has 0 aliphatic carbocycles. The van der Waals surface area contributed by atoms with Crippen molar-refractivity contribution < 1.29 is 14.3 Å². The van der Waals surface area contributed by atoms with Gasteiger partial charge in [-0.3, -0.25) is 4.79 Å². The molecule has 0 aromatic carbocycles. The van der Waals surface area contributed by atoms with Crippen molar-refractivity contribution in [2.75, 3.05) is 26.2 Å². The van der Waals surface area contributed by atoms with Crippen LogP contribution in [0.25, 0.3) is 0 Å². The predicted octanol–water partition coefficient (Wildman–Crippen LogP) is 3.61. The number of thiophene rings is 1. The number of carbonyl (C=O) groups is 2. The molecule has 2 aromatic rings. The van der Waals surface area contributed by atoms with Gasteiger partial charge in [0.2, 0.25) is 5.91 Å². The molecule has 0 N–H and O–H groups in total. The summed E-state index contributed by atoms with van der Waals surface area (Å²) in [6.45, 7) is 7.67. The molecule has 27 heavy (non-hydrogen) atoms. The van der Waals surface area contributed by atoms with Gasteiger partial charge < -0.3 is 19.1 Å². The summed E-state index contributed by atoms with van der Waals surface area (Å²) in [6, 6.07) is 6.03. The number of aromatic nitrogens is 1. The highest BCUT2D eigenvalue weighted by atomic mass is 32.1. The van der Waals surface area contributed by atoms with E-state index in [4.69, 9.17) is 4.74 Å². The smallest absolute Gasteiger partial charge is 0.410 e. The first kappa shape index (κ1) is 19.5. The van der Waals surface area contributed by atoms with Gasteiger partial charge in [0.15, 0.2) is 0 Å². The maximum Gasteiger partial charge on any atom is 0.410 e. The highest BCUT2D eigenvalue weighted by Gasteiger charge is 2.29. The average molecular weight is 390 g/mol. The Hall–Kier alpha value is -2.28. The Morgan fingerprint density at radius 1 is 1.11 bits per heavy atom. The number of amides is 2. The number of hydrogen-bond acceptors (Lipinski definition) is 4. The molecule has 0 bridgehead atoms. The van der Waals surface area contributed by atoms with Crippen molar-refractivity contribution in [3.8, 4) is 0 Å². The van der Waals surface area contributed by atoms with Gasteiger partial charge in [-0.1, -0.05) is 0 Å². The Balaban J connectivity index is 1.58. The van der Waals surface area contributed by atoms with Crippen LogP contribution in [-0.4, -0.2) is 58.1 Å². The Bertz CT molecular complexity index is 708. The lowest BCUT2D eigenvalue weighted by molar-refractivity contribution is -0.133. The van der Waals surface area contributed by atoms with Crippen molar-refractivity contribution in [2.24, 2.45) is 0 Å². The van der Waals surface area contributed by atoms with Crippen molar-refractivity contribution in [3.63, 3.8) is 0 Å². The SMILES string of the molecule is CC(C)(C)OC(=O)N1CCN(C(=O)C[C@H](c2ccsc2)n2cccc2)CC1. The van der Waals surface area contributed by atoms with Gasteiger partial charge in [0.05, 0.1) is 12.5 Å². The molecule has 7 heteroatoms. The van der Waals surface area contributed by atoms with Crippen LogP contribution >= 0.6 is 11.3 Å². The van der Waals surface area contributed by atoms with Crippen LogP contribution in [0, 0.1) is 0 Å². The van der Waals surface area contributed by atoms with E-state index in [-0.39, 0.29) is 18.0 Å². The lowest BCUT2D eigenvalue weighted by atomic mass is 10.1. The monoisotopic (exact) mass is 389 g/mol. The van der Waals surface area contributed by atoms with E-state index >= 15 is 0 Å². The van der Waals surface area contributed by atoms with Crippen LogP contribution in [0.1, 0.15) is 38.8 Å². The summed E-state index contributed by atoms with van der Waals surface area (Å²) in [6.07, 6.45) is 4.10. The second-order valence-corrected chi connectivity index (χ2v) is 8.54. The molecule has 2 amide bonds. The van der Waals surface area contributed by atoms with E-state index < -0.39 is 5.60 Å². The quantitative estimate of drug-likeness (QED) is 0.803. The van der Waals surface area contributed by atoms with E-state index in [0.717, 1.165) is 5.56 Å². The number of nitrogens with zero attached hydrogens (tertiary/aromatic N) is 3. The summed E-state index contributed by atoms with van der Waals surface area (Å²) in [5.41, 5.74) is 0.645. The summed E-state index contributed by atoms with van der Waals surface area (Å²) in [7, 11) is 0. The molecular weight excluding hydrogens is 362 g/mol. The number of piperazine rings is 1. The fraction of sp³-hybridized carbons (Fsp3) is 0.500. The summed E-state index contributed by atoms with van der Waals surface area (Å²) >= 11 is 1.64. The number of ether oxygens (including phenoxy) is 1. The van der Waals surface area contributed by atoms with E-state index in [9.17, 15) is 9.59 Å². The van der Waals surface area contributed by atoms with Crippen molar-refractivity contribution in [2.45, 2.75) is 38.8 Å². The molecule has 1 fully saturated rings. The van der Waals surface area contributed by atoms with Crippen LogP contribution in [0.5, 0.6) is 0 Å². The lowest BCUT2D eigenvalue weighted by Crippen LogP contribution is -2.51. The van der Waals surface area contributed by atoms with Gasteiger partial charge in [0.25, 0.3) is 0 Å². The third-order valence-electron chi connectivity index (χ3n) is 4.57. The molecule has 2 aromatic heterocycles. The van der Waals surface area contributed by atoms with Gasteiger partial charge in [-0.05, 0) is 55.3 Å². The minimum absolute atomic E-state index is 0.00244. The summed E-state index contributed by atoms with van der Waals surface area (Å²) in [5.74, 6) is 0.115. The van der Waals surface area contributed by atoms with Gasteiger partial charge in [0, 0.05) is 38.6 Å². The fourth-order valence-electron chi connectivity index (χ4n) is 3.18. The molecular formula is C20H27N3O3S. The summed E-state index contributed by atoms with van der Waals surface area (Å²) < 4.78 is 7.50. The summed E-state index contributed by atoms with van der Waals surface area (Å²) in [4.78, 5) is 28.6. The Labute approximate surface area is 164 Å². The van der Waals surface area contributed by atoms with Crippen LogP contribution in [0.15, 0.2) is 41.4 Å².